The zero-order valence-electron chi connectivity index (χ0n) is 9.91. The molecule has 0 spiro atoms. The van der Waals surface area contributed by atoms with Crippen LogP contribution in [0.25, 0.3) is 0 Å². The Morgan fingerprint density at radius 2 is 2.21 bits per heavy atom. The molecule has 2 aromatic rings. The SMILES string of the molecule is NNC(Cc1cccnc1)c1ccc(Br)c(Cl)c1F. The van der Waals surface area contributed by atoms with Gasteiger partial charge in [0.05, 0.1) is 11.1 Å². The van der Waals surface area contributed by atoms with E-state index in [1.54, 1.807) is 24.5 Å². The van der Waals surface area contributed by atoms with E-state index in [4.69, 9.17) is 17.4 Å². The quantitative estimate of drug-likeness (QED) is 0.508. The van der Waals surface area contributed by atoms with Gasteiger partial charge in [-0.3, -0.25) is 16.3 Å². The van der Waals surface area contributed by atoms with Crippen LogP contribution >= 0.6 is 27.5 Å². The molecule has 0 aliphatic rings. The maximum atomic E-state index is 14.1. The minimum Gasteiger partial charge on any atom is -0.271 e. The molecule has 6 heteroatoms. The lowest BCUT2D eigenvalue weighted by Gasteiger charge is -2.18. The lowest BCUT2D eigenvalue weighted by Crippen LogP contribution is -2.30. The van der Waals surface area contributed by atoms with Gasteiger partial charge < -0.3 is 0 Å². The summed E-state index contributed by atoms with van der Waals surface area (Å²) >= 11 is 9.07. The van der Waals surface area contributed by atoms with Gasteiger partial charge in [-0.25, -0.2) is 4.39 Å². The van der Waals surface area contributed by atoms with Crippen molar-refractivity contribution in [3.05, 3.63) is 63.1 Å². The molecule has 0 saturated heterocycles. The number of benzene rings is 1. The summed E-state index contributed by atoms with van der Waals surface area (Å²) < 4.78 is 14.7. The summed E-state index contributed by atoms with van der Waals surface area (Å²) in [5.74, 6) is 5.05. The first-order chi connectivity index (χ1) is 9.13. The van der Waals surface area contributed by atoms with Gasteiger partial charge in [-0.05, 0) is 40.0 Å². The number of nitrogens with zero attached hydrogens (tertiary/aromatic N) is 1. The van der Waals surface area contributed by atoms with Crippen LogP contribution in [0.1, 0.15) is 17.2 Å². The maximum Gasteiger partial charge on any atom is 0.147 e. The van der Waals surface area contributed by atoms with E-state index in [0.717, 1.165) is 5.56 Å². The number of nitrogens with one attached hydrogen (secondary N) is 1. The molecule has 3 nitrogen and oxygen atoms in total. The second-order valence-corrected chi connectivity index (χ2v) is 5.28. The van der Waals surface area contributed by atoms with E-state index in [1.807, 2.05) is 12.1 Å². The van der Waals surface area contributed by atoms with Crippen LogP contribution in [0.2, 0.25) is 5.02 Å². The van der Waals surface area contributed by atoms with Gasteiger partial charge in [0, 0.05) is 22.4 Å². The van der Waals surface area contributed by atoms with E-state index >= 15 is 0 Å². The molecule has 3 N–H and O–H groups in total. The van der Waals surface area contributed by atoms with Crippen molar-refractivity contribution in [2.45, 2.75) is 12.5 Å². The number of hydrazine groups is 1. The van der Waals surface area contributed by atoms with Crippen LogP contribution in [0.3, 0.4) is 0 Å². The van der Waals surface area contributed by atoms with E-state index < -0.39 is 5.82 Å². The van der Waals surface area contributed by atoms with Crippen LogP contribution in [0, 0.1) is 5.82 Å². The Hall–Kier alpha value is -1.01. The third kappa shape index (κ3) is 3.30. The Kier molecular flexibility index (Phi) is 4.87. The standard InChI is InChI=1S/C13H12BrClFN3/c14-10-4-3-9(13(16)12(10)15)11(19-17)6-8-2-1-5-18-7-8/h1-5,7,11,19H,6,17H2. The highest BCUT2D eigenvalue weighted by molar-refractivity contribution is 9.10. The van der Waals surface area contributed by atoms with Crippen LogP contribution in [0.5, 0.6) is 0 Å². The van der Waals surface area contributed by atoms with Crippen molar-refractivity contribution in [2.75, 3.05) is 0 Å². The molecule has 1 atom stereocenters. The van der Waals surface area contributed by atoms with Gasteiger partial charge in [0.15, 0.2) is 0 Å². The van der Waals surface area contributed by atoms with Gasteiger partial charge in [0.25, 0.3) is 0 Å². The molecule has 0 radical (unpaired) electrons. The van der Waals surface area contributed by atoms with E-state index in [0.29, 0.717) is 16.5 Å². The zero-order valence-corrected chi connectivity index (χ0v) is 12.2. The largest absolute Gasteiger partial charge is 0.271 e. The number of pyridine rings is 1. The van der Waals surface area contributed by atoms with Gasteiger partial charge in [0.1, 0.15) is 5.82 Å². The highest BCUT2D eigenvalue weighted by Crippen LogP contribution is 2.31. The van der Waals surface area contributed by atoms with Crippen molar-refractivity contribution >= 4 is 27.5 Å². The Balaban J connectivity index is 2.30. The molecule has 1 aromatic heterocycles. The van der Waals surface area contributed by atoms with Crippen molar-refractivity contribution in [3.63, 3.8) is 0 Å². The van der Waals surface area contributed by atoms with Gasteiger partial charge in [-0.1, -0.05) is 23.7 Å². The molecule has 1 heterocycles. The van der Waals surface area contributed by atoms with E-state index in [2.05, 4.69) is 26.3 Å². The summed E-state index contributed by atoms with van der Waals surface area (Å²) in [6.07, 6.45) is 3.94. The topological polar surface area (TPSA) is 50.9 Å². The minimum absolute atomic E-state index is 0.0592. The van der Waals surface area contributed by atoms with E-state index in [9.17, 15) is 4.39 Å². The molecule has 0 aliphatic heterocycles. The van der Waals surface area contributed by atoms with Crippen LogP contribution in [-0.2, 0) is 6.42 Å². The van der Waals surface area contributed by atoms with E-state index in [1.165, 1.54) is 0 Å². The molecular formula is C13H12BrClFN3. The van der Waals surface area contributed by atoms with Gasteiger partial charge in [0.2, 0.25) is 0 Å². The molecule has 1 unspecified atom stereocenters. The Morgan fingerprint density at radius 1 is 1.42 bits per heavy atom. The smallest absolute Gasteiger partial charge is 0.147 e. The van der Waals surface area contributed by atoms with Gasteiger partial charge >= 0.3 is 0 Å². The molecule has 0 amide bonds. The zero-order chi connectivity index (χ0) is 13.8. The average Bonchev–Trinajstić information content (AvgIpc) is 2.44. The number of aromatic nitrogens is 1. The lowest BCUT2D eigenvalue weighted by molar-refractivity contribution is 0.510. The summed E-state index contributed by atoms with van der Waals surface area (Å²) in [5, 5.41) is 0.0592. The number of halogens is 3. The van der Waals surface area contributed by atoms with Crippen molar-refractivity contribution in [1.82, 2.24) is 10.4 Å². The molecule has 0 aliphatic carbocycles. The number of nitrogens with two attached hydrogens (primary N) is 1. The van der Waals surface area contributed by atoms with Crippen molar-refractivity contribution in [2.24, 2.45) is 5.84 Å². The first kappa shape index (κ1) is 14.4. The predicted octanol–water partition coefficient (Wildman–Crippen LogP) is 3.38. The molecule has 1 aromatic carbocycles. The van der Waals surface area contributed by atoms with Crippen molar-refractivity contribution in [3.8, 4) is 0 Å². The normalized spacial score (nSPS) is 12.4. The fraction of sp³-hybridized carbons (Fsp3) is 0.154. The second kappa shape index (κ2) is 6.43. The van der Waals surface area contributed by atoms with Crippen LogP contribution in [0.4, 0.5) is 4.39 Å². The molecule has 0 bridgehead atoms. The molecular weight excluding hydrogens is 333 g/mol. The lowest BCUT2D eigenvalue weighted by atomic mass is 10.00. The summed E-state index contributed by atoms with van der Waals surface area (Å²) in [6.45, 7) is 0. The van der Waals surface area contributed by atoms with Crippen LogP contribution < -0.4 is 11.3 Å². The predicted molar refractivity (Wildman–Crippen MR) is 77.1 cm³/mol. The minimum atomic E-state index is -0.470. The van der Waals surface area contributed by atoms with Crippen LogP contribution in [0.15, 0.2) is 41.1 Å². The summed E-state index contributed by atoms with van der Waals surface area (Å²) in [7, 11) is 0. The maximum absolute atomic E-state index is 14.1. The van der Waals surface area contributed by atoms with Crippen molar-refractivity contribution < 1.29 is 4.39 Å². The summed E-state index contributed by atoms with van der Waals surface area (Å²) in [5.41, 5.74) is 4.00. The third-order valence-corrected chi connectivity index (χ3v) is 4.06. The Labute approximate surface area is 124 Å². The first-order valence-electron chi connectivity index (χ1n) is 5.62. The summed E-state index contributed by atoms with van der Waals surface area (Å²) in [6, 6.07) is 6.74. The average molecular weight is 345 g/mol. The number of hydrogen-bond acceptors (Lipinski definition) is 3. The highest BCUT2D eigenvalue weighted by Gasteiger charge is 2.18. The molecule has 0 saturated carbocycles. The van der Waals surface area contributed by atoms with Gasteiger partial charge in [-0.2, -0.15) is 0 Å². The molecule has 0 fully saturated rings. The Bertz CT molecular complexity index is 565. The monoisotopic (exact) mass is 343 g/mol. The van der Waals surface area contributed by atoms with E-state index in [-0.39, 0.29) is 11.1 Å². The summed E-state index contributed by atoms with van der Waals surface area (Å²) in [4.78, 5) is 4.02. The second-order valence-electron chi connectivity index (χ2n) is 4.05. The highest BCUT2D eigenvalue weighted by atomic mass is 79.9. The molecule has 19 heavy (non-hydrogen) atoms. The molecule has 100 valence electrons. The number of hydrogen-bond donors (Lipinski definition) is 2. The van der Waals surface area contributed by atoms with Crippen LogP contribution in [-0.4, -0.2) is 4.98 Å². The first-order valence-corrected chi connectivity index (χ1v) is 6.79. The van der Waals surface area contributed by atoms with Gasteiger partial charge in [-0.15, -0.1) is 0 Å². The van der Waals surface area contributed by atoms with Crippen molar-refractivity contribution in [1.29, 1.82) is 0 Å². The fourth-order valence-corrected chi connectivity index (χ4v) is 2.30. The fourth-order valence-electron chi connectivity index (χ4n) is 1.82. The molecule has 2 rings (SSSR count). The Morgan fingerprint density at radius 3 is 2.84 bits per heavy atom. The third-order valence-electron chi connectivity index (χ3n) is 2.80. The number of rotatable bonds is 4.